The lowest BCUT2D eigenvalue weighted by Crippen LogP contribution is -2.47. The summed E-state index contributed by atoms with van der Waals surface area (Å²) in [6.45, 7) is 6.26. The van der Waals surface area contributed by atoms with Crippen LogP contribution < -0.4 is 4.74 Å². The van der Waals surface area contributed by atoms with Gasteiger partial charge >= 0.3 is 0 Å². The first-order valence-electron chi connectivity index (χ1n) is 9.58. The van der Waals surface area contributed by atoms with Crippen LogP contribution in [0.3, 0.4) is 0 Å². The van der Waals surface area contributed by atoms with Crippen LogP contribution in [0.4, 0.5) is 0 Å². The molecule has 1 aromatic rings. The number of carbonyl (C=O) groups excluding carboxylic acids is 1. The molecule has 3 nitrogen and oxygen atoms in total. The third-order valence-corrected chi connectivity index (χ3v) is 5.35. The van der Waals surface area contributed by atoms with Crippen molar-refractivity contribution < 1.29 is 9.53 Å². The highest BCUT2D eigenvalue weighted by Gasteiger charge is 2.39. The predicted octanol–water partition coefficient (Wildman–Crippen LogP) is 4.94. The molecule has 2 rings (SSSR count). The zero-order chi connectivity index (χ0) is 17.4. The van der Waals surface area contributed by atoms with Gasteiger partial charge < -0.3 is 4.74 Å². The van der Waals surface area contributed by atoms with Gasteiger partial charge in [0.1, 0.15) is 11.5 Å². The van der Waals surface area contributed by atoms with Gasteiger partial charge in [-0.2, -0.15) is 0 Å². The number of benzene rings is 1. The topological polar surface area (TPSA) is 29.5 Å². The molecule has 0 N–H and O–H groups in total. The quantitative estimate of drug-likeness (QED) is 0.601. The first-order chi connectivity index (χ1) is 11.6. The van der Waals surface area contributed by atoms with Crippen molar-refractivity contribution in [3.8, 4) is 5.75 Å². The summed E-state index contributed by atoms with van der Waals surface area (Å²) in [4.78, 5) is 14.3. The van der Waals surface area contributed by atoms with E-state index in [2.05, 4.69) is 44.0 Å². The second-order valence-electron chi connectivity index (χ2n) is 7.08. The predicted molar refractivity (Wildman–Crippen MR) is 99.5 cm³/mol. The second-order valence-corrected chi connectivity index (χ2v) is 7.08. The van der Waals surface area contributed by atoms with Crippen LogP contribution >= 0.6 is 0 Å². The molecule has 0 amide bonds. The summed E-state index contributed by atoms with van der Waals surface area (Å²) in [5.41, 5.74) is 1.29. The number of hydrogen-bond donors (Lipinski definition) is 0. The molecular weight excluding hydrogens is 298 g/mol. The van der Waals surface area contributed by atoms with E-state index in [0.717, 1.165) is 44.6 Å². The Balaban J connectivity index is 2.23. The molecule has 0 aliphatic heterocycles. The molecule has 1 saturated carbocycles. The van der Waals surface area contributed by atoms with E-state index in [-0.39, 0.29) is 5.54 Å². The van der Waals surface area contributed by atoms with Gasteiger partial charge in [-0.1, -0.05) is 38.8 Å². The maximum absolute atomic E-state index is 11.8. The van der Waals surface area contributed by atoms with Gasteiger partial charge in [-0.3, -0.25) is 9.69 Å². The number of unbranched alkanes of at least 4 members (excludes halogenated alkanes) is 2. The number of carbonyl (C=O) groups is 1. The highest BCUT2D eigenvalue weighted by molar-refractivity contribution is 5.79. The highest BCUT2D eigenvalue weighted by atomic mass is 16.5. The number of ketones is 1. The number of nitrogens with zero attached hydrogens (tertiary/aromatic N) is 1. The van der Waals surface area contributed by atoms with Gasteiger partial charge in [0.15, 0.2) is 0 Å². The van der Waals surface area contributed by atoms with Crippen molar-refractivity contribution in [2.45, 2.75) is 70.8 Å². The van der Waals surface area contributed by atoms with Gasteiger partial charge in [0.05, 0.1) is 6.61 Å². The largest absolute Gasteiger partial charge is 0.494 e. The Kier molecular flexibility index (Phi) is 7.29. The minimum atomic E-state index is -0.0206. The van der Waals surface area contributed by atoms with E-state index in [1.807, 2.05) is 6.07 Å². The first kappa shape index (κ1) is 19.0. The number of ether oxygens (including phenoxy) is 1. The summed E-state index contributed by atoms with van der Waals surface area (Å²) in [5.74, 6) is 1.37. The van der Waals surface area contributed by atoms with Crippen LogP contribution in [0.25, 0.3) is 0 Å². The average Bonchev–Trinajstić information content (AvgIpc) is 2.61. The lowest BCUT2D eigenvalue weighted by atomic mass is 9.75. The standard InChI is InChI=1S/C21H33NO2/c1-4-6-15-22(3)21(13-11-19(23)12-14-21)18-9-8-10-20(17-18)24-16-7-5-2/h8-10,17H,4-7,11-16H2,1-3H3. The summed E-state index contributed by atoms with van der Waals surface area (Å²) >= 11 is 0. The Bertz CT molecular complexity index is 516. The van der Waals surface area contributed by atoms with Gasteiger partial charge in [0, 0.05) is 18.4 Å². The molecule has 3 heteroatoms. The number of rotatable bonds is 9. The second kappa shape index (κ2) is 9.22. The fraction of sp³-hybridized carbons (Fsp3) is 0.667. The highest BCUT2D eigenvalue weighted by Crippen LogP contribution is 2.41. The van der Waals surface area contributed by atoms with Gasteiger partial charge in [-0.25, -0.2) is 0 Å². The molecule has 0 heterocycles. The minimum absolute atomic E-state index is 0.0206. The molecule has 0 unspecified atom stereocenters. The van der Waals surface area contributed by atoms with Crippen molar-refractivity contribution in [1.82, 2.24) is 4.90 Å². The summed E-state index contributed by atoms with van der Waals surface area (Å²) < 4.78 is 5.92. The van der Waals surface area contributed by atoms with E-state index in [4.69, 9.17) is 4.74 Å². The molecule has 0 spiro atoms. The summed E-state index contributed by atoms with van der Waals surface area (Å²) in [6, 6.07) is 8.56. The lowest BCUT2D eigenvalue weighted by Gasteiger charge is -2.45. The van der Waals surface area contributed by atoms with Gasteiger partial charge in [0.2, 0.25) is 0 Å². The van der Waals surface area contributed by atoms with E-state index >= 15 is 0 Å². The third kappa shape index (κ3) is 4.60. The maximum Gasteiger partial charge on any atom is 0.133 e. The van der Waals surface area contributed by atoms with Crippen LogP contribution in [0, 0.1) is 0 Å². The van der Waals surface area contributed by atoms with E-state index < -0.39 is 0 Å². The van der Waals surface area contributed by atoms with Crippen molar-refractivity contribution in [2.24, 2.45) is 0 Å². The minimum Gasteiger partial charge on any atom is -0.494 e. The molecule has 0 bridgehead atoms. The van der Waals surface area contributed by atoms with E-state index in [9.17, 15) is 4.79 Å². The fourth-order valence-electron chi connectivity index (χ4n) is 3.65. The summed E-state index contributed by atoms with van der Waals surface area (Å²) in [6.07, 6.45) is 7.84. The van der Waals surface area contributed by atoms with E-state index in [0.29, 0.717) is 18.6 Å². The normalized spacial score (nSPS) is 17.2. The molecule has 0 radical (unpaired) electrons. The van der Waals surface area contributed by atoms with Gasteiger partial charge in [0.25, 0.3) is 0 Å². The molecule has 1 aromatic carbocycles. The van der Waals surface area contributed by atoms with E-state index in [1.165, 1.54) is 18.4 Å². The van der Waals surface area contributed by atoms with Crippen LogP contribution in [0.15, 0.2) is 24.3 Å². The van der Waals surface area contributed by atoms with E-state index in [1.54, 1.807) is 0 Å². The van der Waals surface area contributed by atoms with Crippen LogP contribution in [-0.4, -0.2) is 30.9 Å². The smallest absolute Gasteiger partial charge is 0.133 e. The third-order valence-electron chi connectivity index (χ3n) is 5.35. The number of Topliss-reactive ketones (excluding diaryl/α,β-unsaturated/α-hetero) is 1. The van der Waals surface area contributed by atoms with Crippen molar-refractivity contribution in [3.63, 3.8) is 0 Å². The molecule has 0 saturated heterocycles. The Morgan fingerprint density at radius 2 is 1.83 bits per heavy atom. The van der Waals surface area contributed by atoms with Crippen molar-refractivity contribution in [1.29, 1.82) is 0 Å². The SMILES string of the molecule is CCCCOc1cccc(C2(N(C)CCCC)CCC(=O)CC2)c1. The van der Waals surface area contributed by atoms with Crippen LogP contribution in [0.2, 0.25) is 0 Å². The van der Waals surface area contributed by atoms with Crippen molar-refractivity contribution in [3.05, 3.63) is 29.8 Å². The van der Waals surface area contributed by atoms with Gasteiger partial charge in [-0.05, 0) is 57.0 Å². The summed E-state index contributed by atoms with van der Waals surface area (Å²) in [5, 5.41) is 0. The lowest BCUT2D eigenvalue weighted by molar-refractivity contribution is -0.123. The monoisotopic (exact) mass is 331 g/mol. The molecule has 1 aliphatic rings. The number of hydrogen-bond acceptors (Lipinski definition) is 3. The fourth-order valence-corrected chi connectivity index (χ4v) is 3.65. The molecular formula is C21H33NO2. The average molecular weight is 332 g/mol. The molecule has 134 valence electrons. The Labute approximate surface area is 147 Å². The van der Waals surface area contributed by atoms with Crippen molar-refractivity contribution in [2.75, 3.05) is 20.2 Å². The summed E-state index contributed by atoms with van der Waals surface area (Å²) in [7, 11) is 2.22. The first-order valence-corrected chi connectivity index (χ1v) is 9.58. The molecule has 1 aliphatic carbocycles. The zero-order valence-electron chi connectivity index (χ0n) is 15.6. The Morgan fingerprint density at radius 3 is 2.50 bits per heavy atom. The van der Waals surface area contributed by atoms with Crippen LogP contribution in [0.5, 0.6) is 5.75 Å². The molecule has 0 aromatic heterocycles. The maximum atomic E-state index is 11.8. The molecule has 1 fully saturated rings. The molecule has 24 heavy (non-hydrogen) atoms. The Morgan fingerprint density at radius 1 is 1.12 bits per heavy atom. The molecule has 0 atom stereocenters. The Hall–Kier alpha value is -1.35. The van der Waals surface area contributed by atoms with Gasteiger partial charge in [-0.15, -0.1) is 0 Å². The zero-order valence-corrected chi connectivity index (χ0v) is 15.6. The van der Waals surface area contributed by atoms with Crippen molar-refractivity contribution >= 4 is 5.78 Å². The van der Waals surface area contributed by atoms with Crippen LogP contribution in [-0.2, 0) is 10.3 Å². The van der Waals surface area contributed by atoms with Crippen LogP contribution in [0.1, 0.15) is 70.8 Å².